The Kier molecular flexibility index (Phi) is 7.39. The molecule has 102 valence electrons. The Morgan fingerprint density at radius 1 is 1.39 bits per heavy atom. The van der Waals surface area contributed by atoms with Crippen LogP contribution in [0.5, 0.6) is 5.75 Å². The van der Waals surface area contributed by atoms with Gasteiger partial charge in [0.2, 0.25) is 5.91 Å². The zero-order chi connectivity index (χ0) is 12.8. The Balaban J connectivity index is 0.00000289. The molecule has 0 saturated carbocycles. The number of para-hydroxylation sites is 1. The van der Waals surface area contributed by atoms with Crippen LogP contribution in [0.3, 0.4) is 0 Å². The van der Waals surface area contributed by atoms with E-state index in [1.54, 1.807) is 0 Å². The van der Waals surface area contributed by atoms with Crippen LogP contribution in [0.4, 0.5) is 0 Å². The molecule has 0 spiro atoms. The van der Waals surface area contributed by atoms with E-state index in [-0.39, 0.29) is 30.9 Å². The molecule has 0 heterocycles. The van der Waals surface area contributed by atoms with Crippen molar-refractivity contribution in [2.24, 2.45) is 5.73 Å². The number of rotatable bonds is 5. The zero-order valence-electron chi connectivity index (χ0n) is 11.0. The lowest BCUT2D eigenvalue weighted by atomic mass is 10.1. The molecule has 0 saturated heterocycles. The van der Waals surface area contributed by atoms with E-state index in [1.807, 2.05) is 39.0 Å². The fourth-order valence-electron chi connectivity index (χ4n) is 1.61. The molecule has 3 N–H and O–H groups in total. The van der Waals surface area contributed by atoms with Crippen LogP contribution in [0.25, 0.3) is 0 Å². The Hall–Kier alpha value is -1.26. The van der Waals surface area contributed by atoms with Crippen LogP contribution in [0, 0.1) is 13.8 Å². The lowest BCUT2D eigenvalue weighted by Crippen LogP contribution is -2.40. The van der Waals surface area contributed by atoms with Crippen LogP contribution in [0.2, 0.25) is 0 Å². The monoisotopic (exact) mass is 272 g/mol. The summed E-state index contributed by atoms with van der Waals surface area (Å²) in [6, 6.07) is 5.96. The number of hydrogen-bond acceptors (Lipinski definition) is 3. The van der Waals surface area contributed by atoms with Gasteiger partial charge in [0.05, 0.1) is 12.6 Å². The number of hydrogen-bond donors (Lipinski definition) is 2. The summed E-state index contributed by atoms with van der Waals surface area (Å²) in [6.07, 6.45) is 0. The van der Waals surface area contributed by atoms with Gasteiger partial charge in [0.1, 0.15) is 12.4 Å². The van der Waals surface area contributed by atoms with Gasteiger partial charge < -0.3 is 15.8 Å². The smallest absolute Gasteiger partial charge is 0.234 e. The molecule has 0 aliphatic carbocycles. The standard InChI is InChI=1S/C13H20N2O2.ClH/c1-9-5-4-6-10(2)13(9)17-8-11(3)15-12(16)7-14;/h4-6,11H,7-8,14H2,1-3H3,(H,15,16);1H. The molecule has 1 aromatic carbocycles. The number of ether oxygens (including phenoxy) is 1. The Morgan fingerprint density at radius 2 is 1.94 bits per heavy atom. The van der Waals surface area contributed by atoms with Crippen LogP contribution in [-0.2, 0) is 4.79 Å². The van der Waals surface area contributed by atoms with Crippen LogP contribution in [0.15, 0.2) is 18.2 Å². The van der Waals surface area contributed by atoms with Gasteiger partial charge in [-0.2, -0.15) is 0 Å². The minimum absolute atomic E-state index is 0. The number of aryl methyl sites for hydroxylation is 2. The SMILES string of the molecule is Cc1cccc(C)c1OCC(C)NC(=O)CN.Cl. The van der Waals surface area contributed by atoms with E-state index in [1.165, 1.54) is 0 Å². The summed E-state index contributed by atoms with van der Waals surface area (Å²) in [7, 11) is 0. The normalized spacial score (nSPS) is 11.3. The van der Waals surface area contributed by atoms with E-state index in [2.05, 4.69) is 5.32 Å². The Morgan fingerprint density at radius 3 is 2.44 bits per heavy atom. The van der Waals surface area contributed by atoms with Crippen molar-refractivity contribution >= 4 is 18.3 Å². The molecule has 0 fully saturated rings. The highest BCUT2D eigenvalue weighted by molar-refractivity contribution is 5.85. The second-order valence-electron chi connectivity index (χ2n) is 4.20. The maximum Gasteiger partial charge on any atom is 0.234 e. The highest BCUT2D eigenvalue weighted by Gasteiger charge is 2.08. The van der Waals surface area contributed by atoms with Gasteiger partial charge in [0.15, 0.2) is 0 Å². The fourth-order valence-corrected chi connectivity index (χ4v) is 1.61. The lowest BCUT2D eigenvalue weighted by molar-refractivity contribution is -0.120. The molecule has 0 bridgehead atoms. The molecule has 1 atom stereocenters. The first-order valence-corrected chi connectivity index (χ1v) is 5.73. The lowest BCUT2D eigenvalue weighted by Gasteiger charge is -2.17. The number of halogens is 1. The first kappa shape index (κ1) is 16.7. The molecule has 1 aromatic rings. The molecule has 0 aliphatic rings. The Labute approximate surface area is 114 Å². The summed E-state index contributed by atoms with van der Waals surface area (Å²) < 4.78 is 5.72. The fraction of sp³-hybridized carbons (Fsp3) is 0.462. The van der Waals surface area contributed by atoms with Crippen LogP contribution >= 0.6 is 12.4 Å². The van der Waals surface area contributed by atoms with Gasteiger partial charge in [0.25, 0.3) is 0 Å². The topological polar surface area (TPSA) is 64.3 Å². The molecule has 0 aromatic heterocycles. The number of carbonyl (C=O) groups is 1. The minimum Gasteiger partial charge on any atom is -0.491 e. The van der Waals surface area contributed by atoms with Crippen LogP contribution in [-0.4, -0.2) is 25.1 Å². The number of nitrogens with two attached hydrogens (primary N) is 1. The van der Waals surface area contributed by atoms with Crippen molar-refractivity contribution in [1.82, 2.24) is 5.32 Å². The summed E-state index contributed by atoms with van der Waals surface area (Å²) in [6.45, 7) is 6.35. The van der Waals surface area contributed by atoms with Crippen molar-refractivity contribution in [3.8, 4) is 5.75 Å². The van der Waals surface area contributed by atoms with Crippen molar-refractivity contribution in [3.63, 3.8) is 0 Å². The molecule has 1 amide bonds. The van der Waals surface area contributed by atoms with Gasteiger partial charge in [-0.3, -0.25) is 4.79 Å². The van der Waals surface area contributed by atoms with Gasteiger partial charge in [-0.25, -0.2) is 0 Å². The first-order valence-electron chi connectivity index (χ1n) is 5.73. The zero-order valence-corrected chi connectivity index (χ0v) is 11.8. The van der Waals surface area contributed by atoms with E-state index >= 15 is 0 Å². The van der Waals surface area contributed by atoms with Gasteiger partial charge in [0, 0.05) is 0 Å². The number of amides is 1. The predicted octanol–water partition coefficient (Wildman–Crippen LogP) is 1.57. The highest BCUT2D eigenvalue weighted by atomic mass is 35.5. The molecule has 0 aliphatic heterocycles. The second-order valence-corrected chi connectivity index (χ2v) is 4.20. The number of benzene rings is 1. The van der Waals surface area contributed by atoms with E-state index in [0.29, 0.717) is 6.61 Å². The molecule has 1 rings (SSSR count). The van der Waals surface area contributed by atoms with Crippen LogP contribution < -0.4 is 15.8 Å². The predicted molar refractivity (Wildman–Crippen MR) is 75.3 cm³/mol. The third-order valence-electron chi connectivity index (χ3n) is 2.48. The van der Waals surface area contributed by atoms with Crippen molar-refractivity contribution in [2.45, 2.75) is 26.8 Å². The quantitative estimate of drug-likeness (QED) is 0.855. The van der Waals surface area contributed by atoms with Gasteiger partial charge in [-0.1, -0.05) is 18.2 Å². The molecule has 1 unspecified atom stereocenters. The van der Waals surface area contributed by atoms with Gasteiger partial charge >= 0.3 is 0 Å². The second kappa shape index (κ2) is 7.95. The van der Waals surface area contributed by atoms with E-state index in [9.17, 15) is 4.79 Å². The first-order chi connectivity index (χ1) is 8.04. The van der Waals surface area contributed by atoms with Crippen molar-refractivity contribution in [3.05, 3.63) is 29.3 Å². The largest absolute Gasteiger partial charge is 0.491 e. The highest BCUT2D eigenvalue weighted by Crippen LogP contribution is 2.22. The number of nitrogens with one attached hydrogen (secondary N) is 1. The number of carbonyl (C=O) groups excluding carboxylic acids is 1. The molecule has 5 heteroatoms. The third-order valence-corrected chi connectivity index (χ3v) is 2.48. The minimum atomic E-state index is -0.164. The summed E-state index contributed by atoms with van der Waals surface area (Å²) >= 11 is 0. The van der Waals surface area contributed by atoms with Gasteiger partial charge in [-0.05, 0) is 31.9 Å². The molecular formula is C13H21ClN2O2. The molecular weight excluding hydrogens is 252 g/mol. The van der Waals surface area contributed by atoms with E-state index in [0.717, 1.165) is 16.9 Å². The van der Waals surface area contributed by atoms with Crippen molar-refractivity contribution in [2.75, 3.05) is 13.2 Å². The third kappa shape index (κ3) is 4.94. The van der Waals surface area contributed by atoms with Crippen molar-refractivity contribution < 1.29 is 9.53 Å². The van der Waals surface area contributed by atoms with E-state index < -0.39 is 0 Å². The van der Waals surface area contributed by atoms with Crippen LogP contribution in [0.1, 0.15) is 18.1 Å². The van der Waals surface area contributed by atoms with Gasteiger partial charge in [-0.15, -0.1) is 12.4 Å². The molecule has 4 nitrogen and oxygen atoms in total. The average molecular weight is 273 g/mol. The summed E-state index contributed by atoms with van der Waals surface area (Å²) in [5.41, 5.74) is 7.42. The molecule has 18 heavy (non-hydrogen) atoms. The van der Waals surface area contributed by atoms with E-state index in [4.69, 9.17) is 10.5 Å². The van der Waals surface area contributed by atoms with Crippen molar-refractivity contribution in [1.29, 1.82) is 0 Å². The summed E-state index contributed by atoms with van der Waals surface area (Å²) in [4.78, 5) is 11.1. The summed E-state index contributed by atoms with van der Waals surface area (Å²) in [5, 5.41) is 2.75. The summed E-state index contributed by atoms with van der Waals surface area (Å²) in [5.74, 6) is 0.726. The Bertz CT molecular complexity index is 376. The maximum absolute atomic E-state index is 11.1. The maximum atomic E-state index is 11.1. The average Bonchev–Trinajstić information content (AvgIpc) is 2.28. The molecule has 0 radical (unpaired) electrons.